The minimum Gasteiger partial charge on any atom is -0.421 e. The molecule has 1 aliphatic heterocycles. The molecule has 1 saturated carbocycles. The molecular weight excluding hydrogens is 470 g/mol. The molecule has 2 bridgehead atoms. The Morgan fingerprint density at radius 3 is 2.63 bits per heavy atom. The third-order valence-corrected chi connectivity index (χ3v) is 6.68. The van der Waals surface area contributed by atoms with Crippen LogP contribution in [0.1, 0.15) is 56.1 Å². The van der Waals surface area contributed by atoms with E-state index in [-0.39, 0.29) is 41.9 Å². The van der Waals surface area contributed by atoms with Crippen LogP contribution in [0.4, 0.5) is 23.5 Å². The summed E-state index contributed by atoms with van der Waals surface area (Å²) in [5.74, 6) is -0.715. The monoisotopic (exact) mass is 495 g/mol. The third kappa shape index (κ3) is 4.11. The van der Waals surface area contributed by atoms with Crippen LogP contribution in [-0.2, 0) is 6.18 Å². The maximum absolute atomic E-state index is 14.6. The molecular formula is C22H25F4N7O2. The molecule has 1 aliphatic carbocycles. The molecule has 0 amide bonds. The Morgan fingerprint density at radius 2 is 1.97 bits per heavy atom. The summed E-state index contributed by atoms with van der Waals surface area (Å²) in [5, 5.41) is 8.48. The van der Waals surface area contributed by atoms with E-state index in [1.807, 2.05) is 18.7 Å². The SMILES string of the molecule is Cc1noc(C2C3CCC(CN2c2nc(Oc4cccc(C(F)(F)F)c4F)n(C(C)C)n2)C3N)n1. The zero-order valence-electron chi connectivity index (χ0n) is 19.3. The Labute approximate surface area is 198 Å². The van der Waals surface area contributed by atoms with Gasteiger partial charge in [-0.05, 0) is 51.7 Å². The minimum absolute atomic E-state index is 0.0323. The molecule has 13 heteroatoms. The van der Waals surface area contributed by atoms with Gasteiger partial charge in [-0.15, -0.1) is 5.10 Å². The first kappa shape index (κ1) is 23.5. The van der Waals surface area contributed by atoms with Crippen LogP contribution in [0, 0.1) is 24.6 Å². The van der Waals surface area contributed by atoms with Crippen LogP contribution in [0.5, 0.6) is 11.8 Å². The van der Waals surface area contributed by atoms with Gasteiger partial charge in [0.25, 0.3) is 0 Å². The molecule has 1 aromatic carbocycles. The molecule has 3 heterocycles. The fourth-order valence-electron chi connectivity index (χ4n) is 5.01. The summed E-state index contributed by atoms with van der Waals surface area (Å²) in [6.07, 6.45) is -3.06. The number of benzene rings is 1. The molecule has 35 heavy (non-hydrogen) atoms. The van der Waals surface area contributed by atoms with Crippen LogP contribution in [0.15, 0.2) is 22.7 Å². The molecule has 3 aromatic rings. The summed E-state index contributed by atoms with van der Waals surface area (Å²) in [7, 11) is 0. The second kappa shape index (κ2) is 8.47. The number of hydrogen-bond acceptors (Lipinski definition) is 8. The smallest absolute Gasteiger partial charge is 0.419 e. The Bertz CT molecular complexity index is 1220. The van der Waals surface area contributed by atoms with Crippen molar-refractivity contribution in [1.82, 2.24) is 24.9 Å². The van der Waals surface area contributed by atoms with Gasteiger partial charge in [-0.2, -0.15) is 23.1 Å². The Balaban J connectivity index is 1.53. The normalized spacial score (nSPS) is 24.4. The van der Waals surface area contributed by atoms with E-state index in [0.29, 0.717) is 24.3 Å². The van der Waals surface area contributed by atoms with Crippen molar-refractivity contribution < 1.29 is 26.8 Å². The molecule has 2 fully saturated rings. The van der Waals surface area contributed by atoms with Crippen molar-refractivity contribution in [3.63, 3.8) is 0 Å². The maximum atomic E-state index is 14.6. The van der Waals surface area contributed by atoms with Gasteiger partial charge >= 0.3 is 12.2 Å². The molecule has 0 spiro atoms. The van der Waals surface area contributed by atoms with Crippen molar-refractivity contribution in [2.45, 2.75) is 57.9 Å². The first-order chi connectivity index (χ1) is 16.5. The van der Waals surface area contributed by atoms with E-state index in [1.54, 1.807) is 6.92 Å². The number of halogens is 4. The molecule has 2 aliphatic rings. The number of aryl methyl sites for hydroxylation is 1. The highest BCUT2D eigenvalue weighted by Crippen LogP contribution is 2.48. The summed E-state index contributed by atoms with van der Waals surface area (Å²) in [5.41, 5.74) is 5.07. The molecule has 188 valence electrons. The zero-order valence-corrected chi connectivity index (χ0v) is 19.3. The van der Waals surface area contributed by atoms with E-state index < -0.39 is 23.3 Å². The molecule has 0 radical (unpaired) electrons. The lowest BCUT2D eigenvalue weighted by Crippen LogP contribution is -2.51. The lowest BCUT2D eigenvalue weighted by atomic mass is 9.86. The van der Waals surface area contributed by atoms with Gasteiger partial charge in [-0.25, -0.2) is 9.07 Å². The summed E-state index contributed by atoms with van der Waals surface area (Å²) in [6.45, 7) is 5.87. The molecule has 2 N–H and O–H groups in total. The number of ether oxygens (including phenoxy) is 1. The van der Waals surface area contributed by atoms with Gasteiger partial charge in [0.15, 0.2) is 17.4 Å². The number of alkyl halides is 3. The highest BCUT2D eigenvalue weighted by molar-refractivity contribution is 5.39. The summed E-state index contributed by atoms with van der Waals surface area (Å²) >= 11 is 0. The van der Waals surface area contributed by atoms with Crippen molar-refractivity contribution in [3.05, 3.63) is 41.3 Å². The number of rotatable bonds is 5. The number of nitrogens with zero attached hydrogens (tertiary/aromatic N) is 6. The second-order valence-electron chi connectivity index (χ2n) is 9.31. The van der Waals surface area contributed by atoms with Gasteiger partial charge in [0.05, 0.1) is 11.6 Å². The van der Waals surface area contributed by atoms with Crippen molar-refractivity contribution in [1.29, 1.82) is 0 Å². The van der Waals surface area contributed by atoms with Gasteiger partial charge in [0, 0.05) is 18.5 Å². The van der Waals surface area contributed by atoms with E-state index >= 15 is 0 Å². The molecule has 4 atom stereocenters. The summed E-state index contributed by atoms with van der Waals surface area (Å²) in [6, 6.07) is 2.04. The number of anilines is 1. The predicted octanol–water partition coefficient (Wildman–Crippen LogP) is 4.42. The van der Waals surface area contributed by atoms with Gasteiger partial charge in [-0.3, -0.25) is 0 Å². The lowest BCUT2D eigenvalue weighted by Gasteiger charge is -2.41. The fraction of sp³-hybridized carbons (Fsp3) is 0.545. The molecule has 1 saturated heterocycles. The average Bonchev–Trinajstić information content (AvgIpc) is 3.45. The van der Waals surface area contributed by atoms with Crippen LogP contribution in [-0.4, -0.2) is 37.5 Å². The topological polar surface area (TPSA) is 108 Å². The highest BCUT2D eigenvalue weighted by Gasteiger charge is 2.50. The lowest BCUT2D eigenvalue weighted by molar-refractivity contribution is -0.140. The number of piperidine rings is 1. The van der Waals surface area contributed by atoms with Crippen LogP contribution < -0.4 is 15.4 Å². The van der Waals surface area contributed by atoms with E-state index in [1.165, 1.54) is 4.68 Å². The highest BCUT2D eigenvalue weighted by atomic mass is 19.4. The summed E-state index contributed by atoms with van der Waals surface area (Å²) in [4.78, 5) is 10.8. The Kier molecular flexibility index (Phi) is 5.69. The van der Waals surface area contributed by atoms with E-state index in [0.717, 1.165) is 25.0 Å². The number of nitrogens with two attached hydrogens (primary N) is 1. The van der Waals surface area contributed by atoms with Crippen molar-refractivity contribution in [2.75, 3.05) is 11.4 Å². The molecule has 5 rings (SSSR count). The van der Waals surface area contributed by atoms with Crippen molar-refractivity contribution in [3.8, 4) is 11.8 Å². The predicted molar refractivity (Wildman–Crippen MR) is 115 cm³/mol. The van der Waals surface area contributed by atoms with Crippen LogP contribution >= 0.6 is 0 Å². The van der Waals surface area contributed by atoms with Crippen LogP contribution in [0.2, 0.25) is 0 Å². The maximum Gasteiger partial charge on any atom is 0.419 e. The molecule has 9 nitrogen and oxygen atoms in total. The third-order valence-electron chi connectivity index (χ3n) is 6.68. The Hall–Kier alpha value is -3.22. The van der Waals surface area contributed by atoms with E-state index in [9.17, 15) is 17.6 Å². The number of hydrogen-bond donors (Lipinski definition) is 1. The Morgan fingerprint density at radius 1 is 1.20 bits per heavy atom. The van der Waals surface area contributed by atoms with Gasteiger partial charge in [0.1, 0.15) is 6.04 Å². The van der Waals surface area contributed by atoms with Gasteiger partial charge in [0.2, 0.25) is 11.8 Å². The standard InChI is InChI=1S/C22H25F4N7O2/c1-10(2)33-21(34-15-6-4-5-14(16(15)23)22(24,25)26)29-20(30-33)32-9-12-7-8-13(17(12)27)18(32)19-28-11(3)31-35-19/h4-6,10,12-13,17-18H,7-9,27H2,1-3H3. The van der Waals surface area contributed by atoms with Crippen LogP contribution in [0.25, 0.3) is 0 Å². The van der Waals surface area contributed by atoms with Crippen molar-refractivity contribution in [2.24, 2.45) is 17.6 Å². The van der Waals surface area contributed by atoms with Crippen molar-refractivity contribution >= 4 is 5.95 Å². The average molecular weight is 495 g/mol. The summed E-state index contributed by atoms with van der Waals surface area (Å²) < 4.78 is 66.6. The van der Waals surface area contributed by atoms with E-state index in [4.69, 9.17) is 15.0 Å². The fourth-order valence-corrected chi connectivity index (χ4v) is 5.01. The first-order valence-corrected chi connectivity index (χ1v) is 11.4. The number of aromatic nitrogens is 5. The number of fused-ring (bicyclic) bond motifs is 2. The minimum atomic E-state index is -4.86. The molecule has 2 aromatic heterocycles. The zero-order chi connectivity index (χ0) is 25.1. The first-order valence-electron chi connectivity index (χ1n) is 11.4. The van der Waals surface area contributed by atoms with Gasteiger partial charge in [-0.1, -0.05) is 11.2 Å². The van der Waals surface area contributed by atoms with Crippen LogP contribution in [0.3, 0.4) is 0 Å². The second-order valence-corrected chi connectivity index (χ2v) is 9.31. The van der Waals surface area contributed by atoms with Gasteiger partial charge < -0.3 is 19.9 Å². The molecule has 4 unspecified atom stereocenters. The quantitative estimate of drug-likeness (QED) is 0.519. The largest absolute Gasteiger partial charge is 0.421 e. The van der Waals surface area contributed by atoms with E-state index in [2.05, 4.69) is 20.2 Å².